The Hall–Kier alpha value is -2.16. The van der Waals surface area contributed by atoms with Crippen molar-refractivity contribution in [3.8, 4) is 5.69 Å². The van der Waals surface area contributed by atoms with Crippen LogP contribution >= 0.6 is 0 Å². The normalized spacial score (nSPS) is 11.1. The van der Waals surface area contributed by atoms with E-state index in [1.165, 1.54) is 16.7 Å². The van der Waals surface area contributed by atoms with Crippen LogP contribution in [0, 0.1) is 20.8 Å². The third-order valence-electron chi connectivity index (χ3n) is 3.19. The SMILES string of the molecule is Cc1ccc(C)c(-n2nnc3ccc(C)cc32)c1. The number of benzene rings is 2. The topological polar surface area (TPSA) is 30.7 Å². The Labute approximate surface area is 106 Å². The summed E-state index contributed by atoms with van der Waals surface area (Å²) < 4.78 is 1.92. The van der Waals surface area contributed by atoms with Crippen LogP contribution in [0.5, 0.6) is 0 Å². The second-order valence-electron chi connectivity index (χ2n) is 4.78. The predicted molar refractivity (Wildman–Crippen MR) is 73.1 cm³/mol. The summed E-state index contributed by atoms with van der Waals surface area (Å²) >= 11 is 0. The molecule has 0 aliphatic heterocycles. The highest BCUT2D eigenvalue weighted by Gasteiger charge is 2.08. The van der Waals surface area contributed by atoms with Crippen molar-refractivity contribution in [2.45, 2.75) is 20.8 Å². The Morgan fingerprint density at radius 2 is 1.61 bits per heavy atom. The second-order valence-corrected chi connectivity index (χ2v) is 4.78. The maximum atomic E-state index is 4.28. The lowest BCUT2D eigenvalue weighted by atomic mass is 10.1. The molecule has 0 bridgehead atoms. The molecule has 1 aromatic heterocycles. The van der Waals surface area contributed by atoms with Gasteiger partial charge in [0.1, 0.15) is 5.52 Å². The molecular formula is C15H15N3. The maximum absolute atomic E-state index is 4.28. The van der Waals surface area contributed by atoms with Gasteiger partial charge in [0.15, 0.2) is 0 Å². The largest absolute Gasteiger partial charge is 0.213 e. The van der Waals surface area contributed by atoms with E-state index in [9.17, 15) is 0 Å². The van der Waals surface area contributed by atoms with Crippen LogP contribution < -0.4 is 0 Å². The first kappa shape index (κ1) is 11.0. The summed E-state index contributed by atoms with van der Waals surface area (Å²) in [4.78, 5) is 0. The fraction of sp³-hybridized carbons (Fsp3) is 0.200. The number of fused-ring (bicyclic) bond motifs is 1. The number of aromatic nitrogens is 3. The number of aryl methyl sites for hydroxylation is 3. The summed E-state index contributed by atoms with van der Waals surface area (Å²) in [6.45, 7) is 6.27. The Balaban J connectivity index is 2.31. The molecule has 3 rings (SSSR count). The van der Waals surface area contributed by atoms with Gasteiger partial charge in [-0.05, 0) is 55.7 Å². The summed E-state index contributed by atoms with van der Waals surface area (Å²) in [6, 6.07) is 12.6. The van der Waals surface area contributed by atoms with Crippen molar-refractivity contribution in [1.29, 1.82) is 0 Å². The first-order valence-corrected chi connectivity index (χ1v) is 6.05. The molecule has 0 unspecified atom stereocenters. The second kappa shape index (κ2) is 3.95. The van der Waals surface area contributed by atoms with Gasteiger partial charge in [-0.25, -0.2) is 4.68 Å². The molecule has 3 aromatic rings. The Morgan fingerprint density at radius 3 is 2.44 bits per heavy atom. The predicted octanol–water partition coefficient (Wildman–Crippen LogP) is 3.35. The molecule has 3 nitrogen and oxygen atoms in total. The summed E-state index contributed by atoms with van der Waals surface area (Å²) in [5.74, 6) is 0. The number of hydrogen-bond acceptors (Lipinski definition) is 2. The molecule has 0 spiro atoms. The van der Waals surface area contributed by atoms with Gasteiger partial charge in [0, 0.05) is 0 Å². The standard InChI is InChI=1S/C15H15N3/c1-10-4-6-12(3)14(8-10)18-15-9-11(2)5-7-13(15)16-17-18/h4-9H,1-3H3. The molecule has 18 heavy (non-hydrogen) atoms. The minimum Gasteiger partial charge on any atom is -0.213 e. The van der Waals surface area contributed by atoms with Gasteiger partial charge in [-0.15, -0.1) is 5.10 Å². The zero-order chi connectivity index (χ0) is 12.7. The van der Waals surface area contributed by atoms with E-state index in [0.29, 0.717) is 0 Å². The average Bonchev–Trinajstić information content (AvgIpc) is 2.75. The van der Waals surface area contributed by atoms with Crippen molar-refractivity contribution in [3.05, 3.63) is 53.1 Å². The monoisotopic (exact) mass is 237 g/mol. The highest BCUT2D eigenvalue weighted by atomic mass is 15.4. The van der Waals surface area contributed by atoms with E-state index in [1.54, 1.807) is 0 Å². The van der Waals surface area contributed by atoms with Gasteiger partial charge in [0.25, 0.3) is 0 Å². The highest BCUT2D eigenvalue weighted by Crippen LogP contribution is 2.21. The first-order chi connectivity index (χ1) is 8.65. The molecule has 0 aliphatic carbocycles. The fourth-order valence-corrected chi connectivity index (χ4v) is 2.15. The maximum Gasteiger partial charge on any atom is 0.113 e. The fourth-order valence-electron chi connectivity index (χ4n) is 2.15. The van der Waals surface area contributed by atoms with E-state index >= 15 is 0 Å². The first-order valence-electron chi connectivity index (χ1n) is 6.05. The molecule has 0 saturated heterocycles. The van der Waals surface area contributed by atoms with E-state index in [0.717, 1.165) is 16.7 Å². The van der Waals surface area contributed by atoms with Crippen LogP contribution in [0.3, 0.4) is 0 Å². The summed E-state index contributed by atoms with van der Waals surface area (Å²) in [5.41, 5.74) is 6.74. The lowest BCUT2D eigenvalue weighted by Crippen LogP contribution is -2.00. The van der Waals surface area contributed by atoms with Crippen molar-refractivity contribution in [3.63, 3.8) is 0 Å². The van der Waals surface area contributed by atoms with Crippen molar-refractivity contribution in [2.24, 2.45) is 0 Å². The van der Waals surface area contributed by atoms with Crippen molar-refractivity contribution in [1.82, 2.24) is 15.0 Å². The molecule has 3 heteroatoms. The van der Waals surface area contributed by atoms with Gasteiger partial charge < -0.3 is 0 Å². The number of rotatable bonds is 1. The van der Waals surface area contributed by atoms with E-state index in [4.69, 9.17) is 0 Å². The Morgan fingerprint density at radius 1 is 0.889 bits per heavy atom. The van der Waals surface area contributed by atoms with Crippen LogP contribution in [0.4, 0.5) is 0 Å². The molecule has 0 aliphatic rings. The van der Waals surface area contributed by atoms with Gasteiger partial charge in [0.2, 0.25) is 0 Å². The van der Waals surface area contributed by atoms with Gasteiger partial charge >= 0.3 is 0 Å². The Kier molecular flexibility index (Phi) is 2.40. The molecule has 0 fully saturated rings. The quantitative estimate of drug-likeness (QED) is 0.650. The lowest BCUT2D eigenvalue weighted by Gasteiger charge is -2.07. The molecule has 0 saturated carbocycles. The summed E-state index contributed by atoms with van der Waals surface area (Å²) in [7, 11) is 0. The van der Waals surface area contributed by atoms with Crippen LogP contribution in [0.2, 0.25) is 0 Å². The molecule has 0 amide bonds. The summed E-state index contributed by atoms with van der Waals surface area (Å²) in [6.07, 6.45) is 0. The van der Waals surface area contributed by atoms with Crippen molar-refractivity contribution in [2.75, 3.05) is 0 Å². The van der Waals surface area contributed by atoms with E-state index in [2.05, 4.69) is 61.4 Å². The van der Waals surface area contributed by atoms with Crippen LogP contribution in [-0.4, -0.2) is 15.0 Å². The molecule has 1 heterocycles. The van der Waals surface area contributed by atoms with E-state index in [1.807, 2.05) is 10.7 Å². The zero-order valence-corrected chi connectivity index (χ0v) is 10.8. The van der Waals surface area contributed by atoms with Gasteiger partial charge in [-0.3, -0.25) is 0 Å². The van der Waals surface area contributed by atoms with Crippen LogP contribution in [-0.2, 0) is 0 Å². The van der Waals surface area contributed by atoms with Gasteiger partial charge in [0.05, 0.1) is 11.2 Å². The van der Waals surface area contributed by atoms with Crippen molar-refractivity contribution < 1.29 is 0 Å². The third-order valence-corrected chi connectivity index (χ3v) is 3.19. The number of nitrogens with zero attached hydrogens (tertiary/aromatic N) is 3. The molecule has 90 valence electrons. The van der Waals surface area contributed by atoms with Gasteiger partial charge in [-0.2, -0.15) is 0 Å². The number of hydrogen-bond donors (Lipinski definition) is 0. The molecular weight excluding hydrogens is 222 g/mol. The van der Waals surface area contributed by atoms with E-state index < -0.39 is 0 Å². The Bertz CT molecular complexity index is 726. The van der Waals surface area contributed by atoms with Crippen LogP contribution in [0.1, 0.15) is 16.7 Å². The minimum absolute atomic E-state index is 0.932. The lowest BCUT2D eigenvalue weighted by molar-refractivity contribution is 0.818. The molecule has 2 aromatic carbocycles. The zero-order valence-electron chi connectivity index (χ0n) is 10.8. The molecule has 0 radical (unpaired) electrons. The molecule has 0 N–H and O–H groups in total. The molecule has 0 atom stereocenters. The highest BCUT2D eigenvalue weighted by molar-refractivity contribution is 5.77. The average molecular weight is 237 g/mol. The van der Waals surface area contributed by atoms with E-state index in [-0.39, 0.29) is 0 Å². The van der Waals surface area contributed by atoms with Gasteiger partial charge in [-0.1, -0.05) is 23.4 Å². The smallest absolute Gasteiger partial charge is 0.113 e. The summed E-state index contributed by atoms with van der Waals surface area (Å²) in [5, 5.41) is 8.50. The van der Waals surface area contributed by atoms with Crippen LogP contribution in [0.25, 0.3) is 16.7 Å². The third kappa shape index (κ3) is 1.68. The van der Waals surface area contributed by atoms with Crippen LogP contribution in [0.15, 0.2) is 36.4 Å². The minimum atomic E-state index is 0.932. The van der Waals surface area contributed by atoms with Crippen molar-refractivity contribution >= 4 is 11.0 Å².